The molecule has 0 spiro atoms. The zero-order valence-corrected chi connectivity index (χ0v) is 11.8. The third-order valence-electron chi connectivity index (χ3n) is 3.74. The summed E-state index contributed by atoms with van der Waals surface area (Å²) in [5.74, 6) is -0.543. The van der Waals surface area contributed by atoms with E-state index in [1.165, 1.54) is 6.07 Å². The van der Waals surface area contributed by atoms with Gasteiger partial charge in [-0.25, -0.2) is 0 Å². The molecule has 2 aromatic carbocycles. The van der Waals surface area contributed by atoms with Crippen LogP contribution in [0, 0.1) is 0 Å². The number of carbonyl (C=O) groups excluding carboxylic acids is 2. The molecule has 2 aliphatic rings. The average molecular weight is 309 g/mol. The summed E-state index contributed by atoms with van der Waals surface area (Å²) in [6.45, 7) is 0.136. The highest BCUT2D eigenvalue weighted by atomic mass is 16.7. The van der Waals surface area contributed by atoms with Gasteiger partial charge in [0.1, 0.15) is 5.70 Å². The lowest BCUT2D eigenvalue weighted by atomic mass is 9.91. The van der Waals surface area contributed by atoms with Gasteiger partial charge in [0.05, 0.1) is 0 Å². The number of carbonyl (C=O) groups is 2. The third kappa shape index (κ3) is 2.03. The van der Waals surface area contributed by atoms with Crippen molar-refractivity contribution in [1.82, 2.24) is 0 Å². The maximum atomic E-state index is 12.3. The molecule has 0 fully saturated rings. The van der Waals surface area contributed by atoms with E-state index in [0.29, 0.717) is 22.7 Å². The number of benzene rings is 2. The zero-order chi connectivity index (χ0) is 16.0. The van der Waals surface area contributed by atoms with Crippen molar-refractivity contribution in [1.29, 1.82) is 0 Å². The number of anilines is 1. The van der Waals surface area contributed by atoms with E-state index in [0.717, 1.165) is 0 Å². The maximum Gasteiger partial charge on any atom is 0.253 e. The third-order valence-corrected chi connectivity index (χ3v) is 3.74. The van der Waals surface area contributed by atoms with Gasteiger partial charge < -0.3 is 19.9 Å². The number of Topliss-reactive ketones (excluding diaryl/α,β-unsaturated/α-hetero) is 2. The Balaban J connectivity index is 1.76. The van der Waals surface area contributed by atoms with Crippen LogP contribution in [0.3, 0.4) is 0 Å². The molecule has 1 aliphatic heterocycles. The molecule has 0 unspecified atom stereocenters. The number of nitrogens with one attached hydrogen (secondary N) is 1. The van der Waals surface area contributed by atoms with E-state index in [1.54, 1.807) is 36.4 Å². The normalized spacial score (nSPS) is 15.7. The highest BCUT2D eigenvalue weighted by Gasteiger charge is 2.33. The first-order valence-corrected chi connectivity index (χ1v) is 6.93. The zero-order valence-electron chi connectivity index (χ0n) is 11.8. The molecule has 114 valence electrons. The Labute approximate surface area is 131 Å². The van der Waals surface area contributed by atoms with Crippen molar-refractivity contribution in [2.75, 3.05) is 12.1 Å². The van der Waals surface area contributed by atoms with Gasteiger partial charge in [-0.15, -0.1) is 0 Å². The number of hydrogen-bond donors (Lipinski definition) is 2. The molecule has 0 atom stereocenters. The van der Waals surface area contributed by atoms with E-state index in [1.807, 2.05) is 0 Å². The number of aliphatic hydroxyl groups excluding tert-OH is 1. The van der Waals surface area contributed by atoms with E-state index >= 15 is 0 Å². The van der Waals surface area contributed by atoms with Gasteiger partial charge in [-0.3, -0.25) is 9.59 Å². The van der Waals surface area contributed by atoms with Crippen molar-refractivity contribution < 1.29 is 24.2 Å². The van der Waals surface area contributed by atoms with E-state index in [9.17, 15) is 14.7 Å². The second kappa shape index (κ2) is 4.88. The standard InChI is InChI=1S/C17H11NO5/c19-15-10-3-1-2-4-11(10)16(20)17(21)14(15)18-9-5-6-12-13(7-9)23-8-22-12/h1-7,18-19H,8H2. The van der Waals surface area contributed by atoms with Crippen molar-refractivity contribution in [3.63, 3.8) is 0 Å². The molecule has 6 nitrogen and oxygen atoms in total. The van der Waals surface area contributed by atoms with Crippen molar-refractivity contribution in [2.45, 2.75) is 0 Å². The summed E-state index contributed by atoms with van der Waals surface area (Å²) < 4.78 is 10.5. The molecule has 23 heavy (non-hydrogen) atoms. The number of aliphatic hydroxyl groups is 1. The van der Waals surface area contributed by atoms with Crippen LogP contribution in [0.15, 0.2) is 48.2 Å². The summed E-state index contributed by atoms with van der Waals surface area (Å²) in [7, 11) is 0. The lowest BCUT2D eigenvalue weighted by molar-refractivity contribution is -0.111. The Morgan fingerprint density at radius 2 is 1.65 bits per heavy atom. The topological polar surface area (TPSA) is 84.9 Å². The number of hydrogen-bond acceptors (Lipinski definition) is 6. The molecule has 0 aromatic heterocycles. The molecule has 0 saturated carbocycles. The Morgan fingerprint density at radius 1 is 0.913 bits per heavy atom. The molecular weight excluding hydrogens is 298 g/mol. The molecule has 0 bridgehead atoms. The van der Waals surface area contributed by atoms with Gasteiger partial charge in [-0.05, 0) is 12.1 Å². The highest BCUT2D eigenvalue weighted by Crippen LogP contribution is 2.35. The molecule has 2 N–H and O–H groups in total. The number of allylic oxidation sites excluding steroid dienone is 1. The van der Waals surface area contributed by atoms with Crippen molar-refractivity contribution in [2.24, 2.45) is 0 Å². The molecule has 0 radical (unpaired) electrons. The minimum Gasteiger partial charge on any atom is -0.505 e. The van der Waals surface area contributed by atoms with E-state index in [-0.39, 0.29) is 23.8 Å². The Hall–Kier alpha value is -3.28. The maximum absolute atomic E-state index is 12.3. The summed E-state index contributed by atoms with van der Waals surface area (Å²) >= 11 is 0. The number of fused-ring (bicyclic) bond motifs is 2. The molecule has 4 rings (SSSR count). The van der Waals surface area contributed by atoms with Crippen molar-refractivity contribution in [3.05, 3.63) is 59.3 Å². The average Bonchev–Trinajstić information content (AvgIpc) is 3.04. The molecule has 1 heterocycles. The summed E-state index contributed by atoms with van der Waals surface area (Å²) in [6.07, 6.45) is 0. The van der Waals surface area contributed by atoms with Crippen LogP contribution in [0.5, 0.6) is 11.5 Å². The molecule has 0 amide bonds. The summed E-state index contributed by atoms with van der Waals surface area (Å²) in [5.41, 5.74) is 0.899. The van der Waals surface area contributed by atoms with Crippen molar-refractivity contribution >= 4 is 23.0 Å². The van der Waals surface area contributed by atoms with Crippen LogP contribution in [-0.4, -0.2) is 23.5 Å². The predicted octanol–water partition coefficient (Wildman–Crippen LogP) is 2.52. The van der Waals surface area contributed by atoms with Crippen LogP contribution in [0.25, 0.3) is 5.76 Å². The molecule has 0 saturated heterocycles. The predicted molar refractivity (Wildman–Crippen MR) is 81.5 cm³/mol. The minimum atomic E-state index is -0.779. The first kappa shape index (κ1) is 13.4. The Kier molecular flexibility index (Phi) is 2.84. The van der Waals surface area contributed by atoms with Crippen LogP contribution in [0.1, 0.15) is 15.9 Å². The lowest BCUT2D eigenvalue weighted by Gasteiger charge is -2.18. The van der Waals surface area contributed by atoms with E-state index in [4.69, 9.17) is 9.47 Å². The fourth-order valence-corrected chi connectivity index (χ4v) is 2.60. The Morgan fingerprint density at radius 3 is 2.48 bits per heavy atom. The molecular formula is C17H11NO5. The SMILES string of the molecule is O=C1C(=O)c2ccccc2C(O)=C1Nc1ccc2c(c1)OCO2. The van der Waals surface area contributed by atoms with Gasteiger partial charge in [0.15, 0.2) is 17.3 Å². The Bertz CT molecular complexity index is 884. The monoisotopic (exact) mass is 309 g/mol. The fourth-order valence-electron chi connectivity index (χ4n) is 2.60. The van der Waals surface area contributed by atoms with Gasteiger partial charge in [-0.2, -0.15) is 0 Å². The molecule has 2 aromatic rings. The first-order chi connectivity index (χ1) is 11.1. The van der Waals surface area contributed by atoms with Crippen LogP contribution in [-0.2, 0) is 4.79 Å². The van der Waals surface area contributed by atoms with Crippen LogP contribution >= 0.6 is 0 Å². The van der Waals surface area contributed by atoms with Crippen LogP contribution in [0.4, 0.5) is 5.69 Å². The van der Waals surface area contributed by atoms with Gasteiger partial charge in [-0.1, -0.05) is 24.3 Å². The van der Waals surface area contributed by atoms with E-state index < -0.39 is 11.6 Å². The summed E-state index contributed by atoms with van der Waals surface area (Å²) in [6, 6.07) is 11.4. The summed E-state index contributed by atoms with van der Waals surface area (Å²) in [4.78, 5) is 24.4. The second-order valence-corrected chi connectivity index (χ2v) is 5.12. The lowest BCUT2D eigenvalue weighted by Crippen LogP contribution is -2.27. The van der Waals surface area contributed by atoms with Gasteiger partial charge in [0, 0.05) is 22.9 Å². The number of rotatable bonds is 2. The van der Waals surface area contributed by atoms with Crippen molar-refractivity contribution in [3.8, 4) is 11.5 Å². The number of ether oxygens (including phenoxy) is 2. The fraction of sp³-hybridized carbons (Fsp3) is 0.0588. The highest BCUT2D eigenvalue weighted by molar-refractivity contribution is 6.52. The minimum absolute atomic E-state index is 0.136. The summed E-state index contributed by atoms with van der Waals surface area (Å²) in [5, 5.41) is 13.2. The van der Waals surface area contributed by atoms with Gasteiger partial charge >= 0.3 is 0 Å². The van der Waals surface area contributed by atoms with Crippen LogP contribution in [0.2, 0.25) is 0 Å². The molecule has 1 aliphatic carbocycles. The van der Waals surface area contributed by atoms with Crippen LogP contribution < -0.4 is 14.8 Å². The second-order valence-electron chi connectivity index (χ2n) is 5.12. The first-order valence-electron chi connectivity index (χ1n) is 6.93. The number of ketones is 2. The largest absolute Gasteiger partial charge is 0.505 e. The smallest absolute Gasteiger partial charge is 0.253 e. The quantitative estimate of drug-likeness (QED) is 0.829. The molecule has 6 heteroatoms. The van der Waals surface area contributed by atoms with Gasteiger partial charge in [0.2, 0.25) is 12.6 Å². The van der Waals surface area contributed by atoms with Gasteiger partial charge in [0.25, 0.3) is 5.78 Å². The van der Waals surface area contributed by atoms with E-state index in [2.05, 4.69) is 5.32 Å².